The van der Waals surface area contributed by atoms with E-state index in [1.165, 1.54) is 0 Å². The lowest BCUT2D eigenvalue weighted by atomic mass is 10.1. The Balaban J connectivity index is 3.04. The van der Waals surface area contributed by atoms with Crippen LogP contribution in [0, 0.1) is 12.3 Å². The molecule has 0 saturated carbocycles. The predicted octanol–water partition coefficient (Wildman–Crippen LogP) is 1.33. The number of rotatable bonds is 7. The largest absolute Gasteiger partial charge is 0.315 e. The zero-order chi connectivity index (χ0) is 10.9. The van der Waals surface area contributed by atoms with E-state index in [-0.39, 0.29) is 5.54 Å². The van der Waals surface area contributed by atoms with Crippen molar-refractivity contribution in [1.29, 1.82) is 0 Å². The van der Waals surface area contributed by atoms with Gasteiger partial charge in [0.25, 0.3) is 0 Å². The molecule has 0 spiro atoms. The zero-order valence-corrected chi connectivity index (χ0v) is 10.3. The summed E-state index contributed by atoms with van der Waals surface area (Å²) in [4.78, 5) is 0. The maximum Gasteiger partial charge on any atom is 0.0545 e. The van der Waals surface area contributed by atoms with Crippen LogP contribution in [0.3, 0.4) is 0 Å². The Bertz CT molecular complexity index is 167. The molecule has 0 aliphatic rings. The van der Waals surface area contributed by atoms with Crippen LogP contribution in [0.15, 0.2) is 0 Å². The summed E-state index contributed by atoms with van der Waals surface area (Å²) in [5.74, 6) is 4.53. The van der Waals surface area contributed by atoms with E-state index in [1.54, 1.807) is 11.8 Å². The molecule has 0 heterocycles. The standard InChI is InChI=1S/C11H22N2S/c1-5-9-14-10-8-12-6-7-13-11(2,3)4/h1,12-13H,6-10H2,2-4H3. The molecule has 0 fully saturated rings. The molecule has 0 atom stereocenters. The van der Waals surface area contributed by atoms with E-state index in [2.05, 4.69) is 37.3 Å². The van der Waals surface area contributed by atoms with Crippen LogP contribution in [0.1, 0.15) is 20.8 Å². The van der Waals surface area contributed by atoms with E-state index < -0.39 is 0 Å². The maximum absolute atomic E-state index is 5.14. The predicted molar refractivity (Wildman–Crippen MR) is 66.8 cm³/mol. The molecule has 0 aromatic heterocycles. The van der Waals surface area contributed by atoms with Gasteiger partial charge in [0.1, 0.15) is 0 Å². The molecule has 0 aliphatic carbocycles. The highest BCUT2D eigenvalue weighted by Gasteiger charge is 2.06. The molecule has 0 amide bonds. The summed E-state index contributed by atoms with van der Waals surface area (Å²) in [5.41, 5.74) is 0.222. The van der Waals surface area contributed by atoms with Crippen LogP contribution < -0.4 is 10.6 Å². The summed E-state index contributed by atoms with van der Waals surface area (Å²) in [5, 5.41) is 6.79. The molecule has 0 rings (SSSR count). The molecule has 0 unspecified atom stereocenters. The van der Waals surface area contributed by atoms with Crippen molar-refractivity contribution in [2.45, 2.75) is 26.3 Å². The molecule has 0 aliphatic heterocycles. The minimum absolute atomic E-state index is 0.222. The van der Waals surface area contributed by atoms with Crippen molar-refractivity contribution < 1.29 is 0 Å². The minimum Gasteiger partial charge on any atom is -0.315 e. The van der Waals surface area contributed by atoms with E-state index >= 15 is 0 Å². The van der Waals surface area contributed by atoms with Crippen LogP contribution in [0.4, 0.5) is 0 Å². The van der Waals surface area contributed by atoms with Crippen molar-refractivity contribution in [2.24, 2.45) is 0 Å². The molecule has 0 saturated heterocycles. The van der Waals surface area contributed by atoms with Gasteiger partial charge in [0, 0.05) is 30.9 Å². The fourth-order valence-corrected chi connectivity index (χ4v) is 1.48. The SMILES string of the molecule is C#CCSCCNCCNC(C)(C)C. The van der Waals surface area contributed by atoms with Crippen molar-refractivity contribution in [3.05, 3.63) is 0 Å². The number of hydrogen-bond donors (Lipinski definition) is 2. The van der Waals surface area contributed by atoms with Gasteiger partial charge in [-0.1, -0.05) is 5.92 Å². The van der Waals surface area contributed by atoms with Crippen LogP contribution in [-0.4, -0.2) is 36.7 Å². The zero-order valence-electron chi connectivity index (χ0n) is 9.52. The van der Waals surface area contributed by atoms with E-state index in [1.807, 2.05) is 0 Å². The van der Waals surface area contributed by atoms with Gasteiger partial charge in [0.15, 0.2) is 0 Å². The van der Waals surface area contributed by atoms with Crippen LogP contribution in [0.2, 0.25) is 0 Å². The van der Waals surface area contributed by atoms with Gasteiger partial charge in [0.05, 0.1) is 5.75 Å². The van der Waals surface area contributed by atoms with Gasteiger partial charge >= 0.3 is 0 Å². The highest BCUT2D eigenvalue weighted by atomic mass is 32.2. The lowest BCUT2D eigenvalue weighted by Gasteiger charge is -2.20. The monoisotopic (exact) mass is 214 g/mol. The molecule has 82 valence electrons. The number of nitrogens with one attached hydrogen (secondary N) is 2. The number of terminal acetylenes is 1. The molecule has 0 aromatic rings. The van der Waals surface area contributed by atoms with Crippen molar-refractivity contribution in [3.63, 3.8) is 0 Å². The van der Waals surface area contributed by atoms with E-state index in [0.717, 1.165) is 31.1 Å². The molecule has 2 N–H and O–H groups in total. The molecular weight excluding hydrogens is 192 g/mol. The average Bonchev–Trinajstić information content (AvgIpc) is 2.08. The van der Waals surface area contributed by atoms with Crippen LogP contribution in [-0.2, 0) is 0 Å². The summed E-state index contributed by atoms with van der Waals surface area (Å²) < 4.78 is 0. The van der Waals surface area contributed by atoms with Crippen LogP contribution >= 0.6 is 11.8 Å². The molecular formula is C11H22N2S. The third-order valence-electron chi connectivity index (χ3n) is 1.57. The van der Waals surface area contributed by atoms with Gasteiger partial charge in [-0.3, -0.25) is 0 Å². The first-order valence-corrected chi connectivity index (χ1v) is 6.18. The summed E-state index contributed by atoms with van der Waals surface area (Å²) in [7, 11) is 0. The average molecular weight is 214 g/mol. The Morgan fingerprint density at radius 3 is 2.50 bits per heavy atom. The van der Waals surface area contributed by atoms with E-state index in [4.69, 9.17) is 6.42 Å². The molecule has 14 heavy (non-hydrogen) atoms. The van der Waals surface area contributed by atoms with Gasteiger partial charge in [-0.05, 0) is 20.8 Å². The normalized spacial score (nSPS) is 11.3. The summed E-state index contributed by atoms with van der Waals surface area (Å²) in [6.45, 7) is 9.61. The third kappa shape index (κ3) is 11.8. The molecule has 3 heteroatoms. The fourth-order valence-electron chi connectivity index (χ4n) is 0.926. The van der Waals surface area contributed by atoms with Crippen molar-refractivity contribution in [3.8, 4) is 12.3 Å². The maximum atomic E-state index is 5.14. The lowest BCUT2D eigenvalue weighted by Crippen LogP contribution is -2.40. The third-order valence-corrected chi connectivity index (χ3v) is 2.43. The van der Waals surface area contributed by atoms with Gasteiger partial charge in [-0.25, -0.2) is 0 Å². The van der Waals surface area contributed by atoms with Gasteiger partial charge in [-0.2, -0.15) is 0 Å². The second-order valence-electron chi connectivity index (χ2n) is 4.18. The Labute approximate surface area is 92.6 Å². The first-order valence-electron chi connectivity index (χ1n) is 5.03. The molecule has 0 bridgehead atoms. The van der Waals surface area contributed by atoms with Crippen LogP contribution in [0.25, 0.3) is 0 Å². The van der Waals surface area contributed by atoms with Gasteiger partial charge < -0.3 is 10.6 Å². The van der Waals surface area contributed by atoms with Gasteiger partial charge in [-0.15, -0.1) is 18.2 Å². The summed E-state index contributed by atoms with van der Waals surface area (Å²) >= 11 is 1.80. The lowest BCUT2D eigenvalue weighted by molar-refractivity contribution is 0.423. The summed E-state index contributed by atoms with van der Waals surface area (Å²) in [6, 6.07) is 0. The Hall–Kier alpha value is -0.170. The Kier molecular flexibility index (Phi) is 8.07. The highest BCUT2D eigenvalue weighted by molar-refractivity contribution is 7.99. The Morgan fingerprint density at radius 1 is 1.21 bits per heavy atom. The summed E-state index contributed by atoms with van der Waals surface area (Å²) in [6.07, 6.45) is 5.14. The number of thioether (sulfide) groups is 1. The second-order valence-corrected chi connectivity index (χ2v) is 5.29. The molecule has 0 aromatic carbocycles. The molecule has 2 nitrogen and oxygen atoms in total. The van der Waals surface area contributed by atoms with Crippen LogP contribution in [0.5, 0.6) is 0 Å². The minimum atomic E-state index is 0.222. The van der Waals surface area contributed by atoms with E-state index in [9.17, 15) is 0 Å². The fraction of sp³-hybridized carbons (Fsp3) is 0.818. The number of hydrogen-bond acceptors (Lipinski definition) is 3. The topological polar surface area (TPSA) is 24.1 Å². The quantitative estimate of drug-likeness (QED) is 0.494. The van der Waals surface area contributed by atoms with Crippen molar-refractivity contribution >= 4 is 11.8 Å². The highest BCUT2D eigenvalue weighted by Crippen LogP contribution is 1.96. The second kappa shape index (κ2) is 8.16. The molecule has 0 radical (unpaired) electrons. The van der Waals surface area contributed by atoms with Gasteiger partial charge in [0.2, 0.25) is 0 Å². The van der Waals surface area contributed by atoms with E-state index in [0.29, 0.717) is 0 Å². The first kappa shape index (κ1) is 13.8. The Morgan fingerprint density at radius 2 is 1.93 bits per heavy atom. The smallest absolute Gasteiger partial charge is 0.0545 e. The van der Waals surface area contributed by atoms with Crippen molar-refractivity contribution in [1.82, 2.24) is 10.6 Å². The first-order chi connectivity index (χ1) is 6.56. The van der Waals surface area contributed by atoms with Crippen molar-refractivity contribution in [2.75, 3.05) is 31.1 Å².